The van der Waals surface area contributed by atoms with Crippen LogP contribution in [-0.2, 0) is 6.61 Å². The van der Waals surface area contributed by atoms with Crippen LogP contribution in [0.3, 0.4) is 0 Å². The molecule has 2 nitrogen and oxygen atoms in total. The second kappa shape index (κ2) is 4.47. The van der Waals surface area contributed by atoms with E-state index in [1.807, 2.05) is 0 Å². The van der Waals surface area contributed by atoms with Gasteiger partial charge in [0.15, 0.2) is 0 Å². The van der Waals surface area contributed by atoms with Crippen LogP contribution < -0.4 is 0 Å². The Balaban J connectivity index is 3.35. The van der Waals surface area contributed by atoms with Gasteiger partial charge in [-0.1, -0.05) is 11.6 Å². The van der Waals surface area contributed by atoms with E-state index in [0.717, 1.165) is 0 Å². The van der Waals surface area contributed by atoms with Gasteiger partial charge in [-0.3, -0.25) is 0 Å². The Morgan fingerprint density at radius 3 is 2.62 bits per heavy atom. The average molecular weight is 319 g/mol. The normalized spacial score (nSPS) is 10.9. The van der Waals surface area contributed by atoms with E-state index in [4.69, 9.17) is 16.7 Å². The number of halogens is 4. The van der Waals surface area contributed by atoms with Gasteiger partial charge in [0.05, 0.1) is 17.2 Å². The molecule has 72 valence electrons. The molecular weight excluding hydrogens is 314 g/mol. The Kier molecular flexibility index (Phi) is 3.81. The van der Waals surface area contributed by atoms with Crippen LogP contribution in [0, 0.1) is 3.70 Å². The third-order valence-electron chi connectivity index (χ3n) is 1.50. The Bertz CT molecular complexity index is 322. The zero-order valence-electron chi connectivity index (χ0n) is 6.27. The summed E-state index contributed by atoms with van der Waals surface area (Å²) >= 11 is 7.27. The first-order valence-corrected chi connectivity index (χ1v) is 4.75. The van der Waals surface area contributed by atoms with Gasteiger partial charge in [-0.2, -0.15) is 0 Å². The largest absolute Gasteiger partial charge is 0.392 e. The van der Waals surface area contributed by atoms with E-state index in [2.05, 4.69) is 4.98 Å². The Morgan fingerprint density at radius 1 is 1.62 bits per heavy atom. The summed E-state index contributed by atoms with van der Waals surface area (Å²) in [4.78, 5) is 3.67. The predicted molar refractivity (Wildman–Crippen MR) is 52.8 cm³/mol. The van der Waals surface area contributed by atoms with Gasteiger partial charge >= 0.3 is 0 Å². The maximum Gasteiger partial charge on any atom is 0.266 e. The van der Waals surface area contributed by atoms with E-state index < -0.39 is 13.0 Å². The molecule has 0 fully saturated rings. The zero-order valence-corrected chi connectivity index (χ0v) is 9.18. The van der Waals surface area contributed by atoms with E-state index >= 15 is 0 Å². The van der Waals surface area contributed by atoms with Crippen molar-refractivity contribution in [3.8, 4) is 0 Å². The number of nitrogens with zero attached hydrogens (tertiary/aromatic N) is 1. The Labute approximate surface area is 92.1 Å². The SMILES string of the molecule is OCc1c(Cl)cnc(I)c1C(F)F. The van der Waals surface area contributed by atoms with E-state index in [0.29, 0.717) is 0 Å². The average Bonchev–Trinajstić information content (AvgIpc) is 2.07. The smallest absolute Gasteiger partial charge is 0.266 e. The number of pyridine rings is 1. The van der Waals surface area contributed by atoms with Gasteiger partial charge in [0.1, 0.15) is 3.70 Å². The minimum Gasteiger partial charge on any atom is -0.392 e. The molecule has 0 aliphatic carbocycles. The second-order valence-corrected chi connectivity index (χ2v) is 3.68. The fraction of sp³-hybridized carbons (Fsp3) is 0.286. The predicted octanol–water partition coefficient (Wildman–Crippen LogP) is 2.77. The molecule has 13 heavy (non-hydrogen) atoms. The highest BCUT2D eigenvalue weighted by Crippen LogP contribution is 2.30. The summed E-state index contributed by atoms with van der Waals surface area (Å²) in [5, 5.41) is 8.89. The molecule has 1 aromatic rings. The van der Waals surface area contributed by atoms with Crippen molar-refractivity contribution < 1.29 is 13.9 Å². The lowest BCUT2D eigenvalue weighted by atomic mass is 10.1. The summed E-state index contributed by atoms with van der Waals surface area (Å²) in [5.41, 5.74) is -0.230. The monoisotopic (exact) mass is 319 g/mol. The molecule has 0 amide bonds. The lowest BCUT2D eigenvalue weighted by Gasteiger charge is -2.09. The molecular formula is C7H5ClF2INO. The highest BCUT2D eigenvalue weighted by atomic mass is 127. The van der Waals surface area contributed by atoms with Crippen molar-refractivity contribution in [2.24, 2.45) is 0 Å². The number of aromatic nitrogens is 1. The summed E-state index contributed by atoms with van der Waals surface area (Å²) in [7, 11) is 0. The summed E-state index contributed by atoms with van der Waals surface area (Å²) in [6.45, 7) is -0.503. The first kappa shape index (κ1) is 11.1. The topological polar surface area (TPSA) is 33.1 Å². The molecule has 0 aromatic carbocycles. The molecule has 0 saturated carbocycles. The lowest BCUT2D eigenvalue weighted by molar-refractivity contribution is 0.145. The first-order valence-electron chi connectivity index (χ1n) is 3.29. The van der Waals surface area contributed by atoms with Crippen molar-refractivity contribution in [2.45, 2.75) is 13.0 Å². The third-order valence-corrected chi connectivity index (χ3v) is 2.69. The van der Waals surface area contributed by atoms with Crippen LogP contribution >= 0.6 is 34.2 Å². The summed E-state index contributed by atoms with van der Waals surface area (Å²) in [6, 6.07) is 0. The molecule has 1 N–H and O–H groups in total. The fourth-order valence-corrected chi connectivity index (χ4v) is 1.81. The minimum atomic E-state index is -2.67. The van der Waals surface area contributed by atoms with Crippen molar-refractivity contribution in [3.63, 3.8) is 0 Å². The van der Waals surface area contributed by atoms with E-state index in [1.54, 1.807) is 22.6 Å². The standard InChI is InChI=1S/C7H5ClF2INO/c8-4-1-12-7(11)5(6(9)10)3(4)2-13/h1,6,13H,2H2. The quantitative estimate of drug-likeness (QED) is 0.672. The van der Waals surface area contributed by atoms with Crippen LogP contribution in [-0.4, -0.2) is 10.1 Å². The molecule has 1 aromatic heterocycles. The summed E-state index contributed by atoms with van der Waals surface area (Å²) in [5.74, 6) is 0. The molecule has 0 bridgehead atoms. The van der Waals surface area contributed by atoms with Crippen molar-refractivity contribution in [2.75, 3.05) is 0 Å². The van der Waals surface area contributed by atoms with Crippen LogP contribution in [0.2, 0.25) is 5.02 Å². The summed E-state index contributed by atoms with van der Waals surface area (Å²) in [6.07, 6.45) is -1.42. The van der Waals surface area contributed by atoms with Gasteiger partial charge in [0, 0.05) is 11.8 Å². The highest BCUT2D eigenvalue weighted by molar-refractivity contribution is 14.1. The number of rotatable bonds is 2. The number of hydrogen-bond donors (Lipinski definition) is 1. The van der Waals surface area contributed by atoms with E-state index in [9.17, 15) is 8.78 Å². The molecule has 0 spiro atoms. The molecule has 0 aliphatic rings. The van der Waals surface area contributed by atoms with Gasteiger partial charge in [0.2, 0.25) is 0 Å². The zero-order chi connectivity index (χ0) is 10.0. The van der Waals surface area contributed by atoms with Gasteiger partial charge in [-0.05, 0) is 22.6 Å². The molecule has 0 atom stereocenters. The second-order valence-electron chi connectivity index (χ2n) is 2.25. The molecule has 0 saturated heterocycles. The first-order chi connectivity index (χ1) is 6.07. The number of aliphatic hydroxyl groups excluding tert-OH is 1. The van der Waals surface area contributed by atoms with Crippen molar-refractivity contribution in [1.82, 2.24) is 4.98 Å². The molecule has 1 rings (SSSR count). The van der Waals surface area contributed by atoms with Crippen LogP contribution in [0.15, 0.2) is 6.20 Å². The third kappa shape index (κ3) is 2.26. The van der Waals surface area contributed by atoms with Crippen molar-refractivity contribution in [3.05, 3.63) is 26.0 Å². The van der Waals surface area contributed by atoms with E-state index in [1.165, 1.54) is 6.20 Å². The van der Waals surface area contributed by atoms with Crippen LogP contribution in [0.1, 0.15) is 17.6 Å². The number of hydrogen-bond acceptors (Lipinski definition) is 2. The van der Waals surface area contributed by atoms with Crippen LogP contribution in [0.25, 0.3) is 0 Å². The highest BCUT2D eigenvalue weighted by Gasteiger charge is 2.19. The molecule has 6 heteroatoms. The Morgan fingerprint density at radius 2 is 2.23 bits per heavy atom. The van der Waals surface area contributed by atoms with Crippen molar-refractivity contribution in [1.29, 1.82) is 0 Å². The number of aliphatic hydroxyl groups is 1. The van der Waals surface area contributed by atoms with Crippen molar-refractivity contribution >= 4 is 34.2 Å². The van der Waals surface area contributed by atoms with E-state index in [-0.39, 0.29) is 19.9 Å². The maximum atomic E-state index is 12.4. The Hall–Kier alpha value is -0.0100. The lowest BCUT2D eigenvalue weighted by Crippen LogP contribution is -2.01. The fourth-order valence-electron chi connectivity index (χ4n) is 0.896. The van der Waals surface area contributed by atoms with Crippen LogP contribution in [0.5, 0.6) is 0 Å². The molecule has 0 aliphatic heterocycles. The van der Waals surface area contributed by atoms with Gasteiger partial charge in [0.25, 0.3) is 6.43 Å². The van der Waals surface area contributed by atoms with Gasteiger partial charge < -0.3 is 5.11 Å². The maximum absolute atomic E-state index is 12.4. The van der Waals surface area contributed by atoms with Gasteiger partial charge in [-0.25, -0.2) is 13.8 Å². The molecule has 0 unspecified atom stereocenters. The van der Waals surface area contributed by atoms with Gasteiger partial charge in [-0.15, -0.1) is 0 Å². The molecule has 0 radical (unpaired) electrons. The number of alkyl halides is 2. The summed E-state index contributed by atoms with van der Waals surface area (Å²) < 4.78 is 25.0. The molecule has 1 heterocycles. The van der Waals surface area contributed by atoms with Crippen LogP contribution in [0.4, 0.5) is 8.78 Å². The minimum absolute atomic E-state index is 0.0519.